The fraction of sp³-hybridized carbons (Fsp3) is 0.143. The molecule has 0 aliphatic carbocycles. The molecule has 2 aromatic heterocycles. The summed E-state index contributed by atoms with van der Waals surface area (Å²) in [6.45, 7) is 0.186. The molecule has 13 nitrogen and oxygen atoms in total. The first-order valence-corrected chi connectivity index (χ1v) is 9.98. The zero-order chi connectivity index (χ0) is 23.9. The number of hydrogen-bond acceptors (Lipinski definition) is 11. The van der Waals surface area contributed by atoms with E-state index in [1.54, 1.807) is 25.3 Å². The van der Waals surface area contributed by atoms with Crippen molar-refractivity contribution in [1.29, 1.82) is 0 Å². The van der Waals surface area contributed by atoms with Gasteiger partial charge in [0.2, 0.25) is 11.6 Å². The van der Waals surface area contributed by atoms with Crippen LogP contribution in [0, 0.1) is 0 Å². The summed E-state index contributed by atoms with van der Waals surface area (Å²) in [5, 5.41) is 22.5. The molecule has 4 aromatic rings. The number of anilines is 2. The number of ether oxygens (including phenoxy) is 2. The van der Waals surface area contributed by atoms with Crippen LogP contribution in [0.4, 0.5) is 11.5 Å². The molecule has 13 heteroatoms. The molecule has 2 aromatic carbocycles. The number of aromatic nitrogens is 5. The number of methoxy groups -OCH3 is 2. The smallest absolute Gasteiger partial charge is 0.293 e. The molecule has 4 rings (SSSR count). The third-order valence-electron chi connectivity index (χ3n) is 4.70. The fourth-order valence-electron chi connectivity index (χ4n) is 3.04. The van der Waals surface area contributed by atoms with E-state index in [1.165, 1.54) is 18.0 Å². The minimum atomic E-state index is -0.581. The standard InChI is InChI=1S/C21H21N9O4/c1-32-16-9-8-13(10-17(16)33-2)11-24-26-21(31)18-15(12-23-14-6-4-3-5-7-14)30(29-25-18)20-19(22)27-34-28-20/h3-11,23H,12H2,1-2H3,(H2,22,27)(H,26,31)/b24-11-. The molecular formula is C21H21N9O4. The molecule has 0 atom stereocenters. The molecule has 0 saturated heterocycles. The Bertz CT molecular complexity index is 1300. The van der Waals surface area contributed by atoms with Gasteiger partial charge in [0.25, 0.3) is 5.91 Å². The summed E-state index contributed by atoms with van der Waals surface area (Å²) in [7, 11) is 3.08. The van der Waals surface area contributed by atoms with E-state index in [1.807, 2.05) is 30.3 Å². The molecule has 4 N–H and O–H groups in total. The molecule has 0 saturated carbocycles. The summed E-state index contributed by atoms with van der Waals surface area (Å²) in [6, 6.07) is 14.6. The van der Waals surface area contributed by atoms with Gasteiger partial charge in [0, 0.05) is 5.69 Å². The largest absolute Gasteiger partial charge is 0.493 e. The van der Waals surface area contributed by atoms with Gasteiger partial charge in [0.15, 0.2) is 17.2 Å². The van der Waals surface area contributed by atoms with Gasteiger partial charge in [-0.25, -0.2) is 10.1 Å². The Kier molecular flexibility index (Phi) is 6.63. The number of nitrogens with two attached hydrogens (primary N) is 1. The van der Waals surface area contributed by atoms with E-state index in [0.29, 0.717) is 22.8 Å². The monoisotopic (exact) mass is 463 g/mol. The second-order valence-corrected chi connectivity index (χ2v) is 6.80. The highest BCUT2D eigenvalue weighted by Crippen LogP contribution is 2.26. The highest BCUT2D eigenvalue weighted by Gasteiger charge is 2.23. The maximum Gasteiger partial charge on any atom is 0.293 e. The van der Waals surface area contributed by atoms with Crippen LogP contribution in [0.25, 0.3) is 5.82 Å². The van der Waals surface area contributed by atoms with Crippen molar-refractivity contribution in [2.45, 2.75) is 6.54 Å². The van der Waals surface area contributed by atoms with Crippen LogP contribution in [0.5, 0.6) is 11.5 Å². The van der Waals surface area contributed by atoms with Gasteiger partial charge in [-0.1, -0.05) is 23.4 Å². The summed E-state index contributed by atoms with van der Waals surface area (Å²) < 4.78 is 16.4. The third kappa shape index (κ3) is 4.77. The minimum absolute atomic E-state index is 0.00398. The Hall–Kier alpha value is -4.94. The Balaban J connectivity index is 1.55. The lowest BCUT2D eigenvalue weighted by Crippen LogP contribution is -2.21. The number of amides is 1. The maximum atomic E-state index is 12.9. The lowest BCUT2D eigenvalue weighted by molar-refractivity contribution is 0.0949. The summed E-state index contributed by atoms with van der Waals surface area (Å²) in [5.41, 5.74) is 10.2. The van der Waals surface area contributed by atoms with Crippen molar-refractivity contribution < 1.29 is 18.9 Å². The van der Waals surface area contributed by atoms with E-state index >= 15 is 0 Å². The summed E-state index contributed by atoms with van der Waals surface area (Å²) in [5.74, 6) is 0.656. The fourth-order valence-corrected chi connectivity index (χ4v) is 3.04. The van der Waals surface area contributed by atoms with Gasteiger partial charge in [-0.15, -0.1) is 5.10 Å². The molecule has 2 heterocycles. The van der Waals surface area contributed by atoms with Crippen LogP contribution >= 0.6 is 0 Å². The number of hydrazone groups is 1. The first-order valence-electron chi connectivity index (χ1n) is 9.98. The number of carbonyl (C=O) groups is 1. The molecule has 0 fully saturated rings. The van der Waals surface area contributed by atoms with Gasteiger partial charge in [0.1, 0.15) is 0 Å². The van der Waals surface area contributed by atoms with Crippen molar-refractivity contribution >= 4 is 23.6 Å². The van der Waals surface area contributed by atoms with E-state index in [9.17, 15) is 4.79 Å². The molecule has 0 spiro atoms. The van der Waals surface area contributed by atoms with Gasteiger partial charge in [-0.05, 0) is 46.2 Å². The van der Waals surface area contributed by atoms with Crippen LogP contribution in [-0.4, -0.2) is 51.6 Å². The molecule has 1 amide bonds. The van der Waals surface area contributed by atoms with Crippen LogP contribution in [-0.2, 0) is 6.54 Å². The van der Waals surface area contributed by atoms with Gasteiger partial charge in [0.05, 0.1) is 32.7 Å². The van der Waals surface area contributed by atoms with Crippen LogP contribution in [0.15, 0.2) is 58.3 Å². The van der Waals surface area contributed by atoms with Crippen LogP contribution in [0.2, 0.25) is 0 Å². The molecule has 174 valence electrons. The van der Waals surface area contributed by atoms with E-state index in [4.69, 9.17) is 15.2 Å². The number of hydrogen-bond donors (Lipinski definition) is 3. The van der Waals surface area contributed by atoms with E-state index in [0.717, 1.165) is 5.69 Å². The number of nitrogens with one attached hydrogen (secondary N) is 2. The first-order chi connectivity index (χ1) is 16.6. The zero-order valence-corrected chi connectivity index (χ0v) is 18.3. The SMILES string of the molecule is COc1ccc(/C=N\NC(=O)c2nnn(-c3nonc3N)c2CNc2ccccc2)cc1OC. The third-order valence-corrected chi connectivity index (χ3v) is 4.70. The predicted molar refractivity (Wildman–Crippen MR) is 122 cm³/mol. The van der Waals surface area contributed by atoms with E-state index < -0.39 is 5.91 Å². The average Bonchev–Trinajstić information content (AvgIpc) is 3.48. The van der Waals surface area contributed by atoms with Crippen molar-refractivity contribution in [3.63, 3.8) is 0 Å². The van der Waals surface area contributed by atoms with Crippen molar-refractivity contribution in [3.8, 4) is 17.3 Å². The molecule has 0 aliphatic rings. The number of nitrogens with zero attached hydrogens (tertiary/aromatic N) is 6. The number of nitrogen functional groups attached to an aromatic ring is 1. The zero-order valence-electron chi connectivity index (χ0n) is 18.3. The second kappa shape index (κ2) is 10.1. The van der Waals surface area contributed by atoms with Crippen molar-refractivity contribution in [2.75, 3.05) is 25.3 Å². The van der Waals surface area contributed by atoms with Gasteiger partial charge in [-0.3, -0.25) is 4.79 Å². The quantitative estimate of drug-likeness (QED) is 0.245. The Morgan fingerprint density at radius 2 is 1.94 bits per heavy atom. The van der Waals surface area contributed by atoms with Crippen molar-refractivity contribution in [3.05, 3.63) is 65.5 Å². The number of benzene rings is 2. The summed E-state index contributed by atoms with van der Waals surface area (Å²) >= 11 is 0. The summed E-state index contributed by atoms with van der Waals surface area (Å²) in [4.78, 5) is 12.9. The average molecular weight is 463 g/mol. The second-order valence-electron chi connectivity index (χ2n) is 6.80. The maximum absolute atomic E-state index is 12.9. The molecule has 0 bridgehead atoms. The number of carbonyl (C=O) groups excluding carboxylic acids is 1. The topological polar surface area (TPSA) is 168 Å². The number of rotatable bonds is 9. The molecule has 0 unspecified atom stereocenters. The summed E-state index contributed by atoms with van der Waals surface area (Å²) in [6.07, 6.45) is 1.46. The van der Waals surface area contributed by atoms with Gasteiger partial charge >= 0.3 is 0 Å². The minimum Gasteiger partial charge on any atom is -0.493 e. The van der Waals surface area contributed by atoms with E-state index in [2.05, 4.69) is 41.1 Å². The molecular weight excluding hydrogens is 442 g/mol. The van der Waals surface area contributed by atoms with Crippen molar-refractivity contribution in [2.24, 2.45) is 5.10 Å². The van der Waals surface area contributed by atoms with Gasteiger partial charge < -0.3 is 20.5 Å². The lowest BCUT2D eigenvalue weighted by atomic mass is 10.2. The van der Waals surface area contributed by atoms with Gasteiger partial charge in [-0.2, -0.15) is 9.78 Å². The Morgan fingerprint density at radius 1 is 1.15 bits per heavy atom. The molecule has 34 heavy (non-hydrogen) atoms. The Morgan fingerprint density at radius 3 is 2.65 bits per heavy atom. The Labute approximate surface area is 193 Å². The van der Waals surface area contributed by atoms with Crippen LogP contribution in [0.3, 0.4) is 0 Å². The van der Waals surface area contributed by atoms with Crippen molar-refractivity contribution in [1.82, 2.24) is 30.7 Å². The lowest BCUT2D eigenvalue weighted by Gasteiger charge is -2.08. The first kappa shape index (κ1) is 22.3. The highest BCUT2D eigenvalue weighted by atomic mass is 16.6. The normalized spacial score (nSPS) is 10.9. The van der Waals surface area contributed by atoms with E-state index in [-0.39, 0.29) is 23.9 Å². The molecule has 0 radical (unpaired) electrons. The van der Waals surface area contributed by atoms with Crippen LogP contribution < -0.4 is 25.9 Å². The number of para-hydroxylation sites is 1. The van der Waals surface area contributed by atoms with Crippen LogP contribution in [0.1, 0.15) is 21.7 Å². The highest BCUT2D eigenvalue weighted by molar-refractivity contribution is 5.94. The predicted octanol–water partition coefficient (Wildman–Crippen LogP) is 1.63. The molecule has 0 aliphatic heterocycles.